The smallest absolute Gasteiger partial charge is 0.462 e. The van der Waals surface area contributed by atoms with E-state index in [2.05, 4.69) is 55.4 Å². The standard InChI is InChI=1S/C67H130O17P2/c1-57(2)43-35-27-19-13-10-9-11-15-23-33-41-49-66(71)84-63(54-78-65(70)48-40-32-26-25-30-38-46-60(7)8)56-82-86(75,76)80-52-61(68)51-79-85(73,74)81-55-62(53-77-64(69)47-39-31-22-18-17-21-29-37-45-59(5)6)83-67(72)50-42-34-24-16-12-14-20-28-36-44-58(3)4/h57-63,68H,9-56H2,1-8H3,(H,73,74)(H,75,76)/t61?,62-,63-/m1/s1. The fraction of sp³-hybridized carbons (Fsp3) is 0.940. The molecule has 0 amide bonds. The summed E-state index contributed by atoms with van der Waals surface area (Å²) in [6, 6.07) is 0. The van der Waals surface area contributed by atoms with Gasteiger partial charge in [0.15, 0.2) is 12.2 Å². The molecule has 0 radical (unpaired) electrons. The zero-order valence-electron chi connectivity index (χ0n) is 55.9. The van der Waals surface area contributed by atoms with E-state index in [1.54, 1.807) is 0 Å². The Hall–Kier alpha value is -1.94. The quantitative estimate of drug-likeness (QED) is 0.0222. The number of rotatable bonds is 64. The molecule has 0 fully saturated rings. The van der Waals surface area contributed by atoms with E-state index in [0.29, 0.717) is 31.6 Å². The summed E-state index contributed by atoms with van der Waals surface area (Å²) in [5.41, 5.74) is 0. The molecule has 0 aromatic heterocycles. The van der Waals surface area contributed by atoms with E-state index in [4.69, 9.17) is 37.0 Å². The average molecular weight is 1270 g/mol. The first-order valence-corrected chi connectivity index (χ1v) is 37.7. The van der Waals surface area contributed by atoms with E-state index in [1.165, 1.54) is 122 Å². The zero-order valence-corrected chi connectivity index (χ0v) is 57.7. The Morgan fingerprint density at radius 1 is 0.291 bits per heavy atom. The molecular formula is C67H130O17P2. The van der Waals surface area contributed by atoms with E-state index in [-0.39, 0.29) is 25.7 Å². The Kier molecular flexibility index (Phi) is 55.7. The fourth-order valence-corrected chi connectivity index (χ4v) is 11.5. The number of esters is 4. The van der Waals surface area contributed by atoms with E-state index >= 15 is 0 Å². The Labute approximate surface area is 524 Å². The molecule has 0 saturated heterocycles. The van der Waals surface area contributed by atoms with Gasteiger partial charge in [-0.25, -0.2) is 9.13 Å². The largest absolute Gasteiger partial charge is 0.472 e. The molecule has 0 aliphatic carbocycles. The Morgan fingerprint density at radius 3 is 0.721 bits per heavy atom. The second kappa shape index (κ2) is 57.0. The SMILES string of the molecule is CC(C)CCCCCCCCCCCCCC(=O)O[C@H](COC(=O)CCCCCCCCC(C)C)COP(=O)(O)OCC(O)COP(=O)(O)OC[C@@H](COC(=O)CCCCCCCCCCC(C)C)OC(=O)CCCCCCCCCCCC(C)C. The van der Waals surface area contributed by atoms with Crippen molar-refractivity contribution in [3.8, 4) is 0 Å². The summed E-state index contributed by atoms with van der Waals surface area (Å²) in [4.78, 5) is 72.3. The normalized spacial score (nSPS) is 14.4. The van der Waals surface area contributed by atoms with Crippen molar-refractivity contribution in [2.45, 2.75) is 343 Å². The Balaban J connectivity index is 5.25. The molecule has 0 spiro atoms. The van der Waals surface area contributed by atoms with Gasteiger partial charge in [0, 0.05) is 25.7 Å². The molecule has 3 N–H and O–H groups in total. The van der Waals surface area contributed by atoms with Crippen LogP contribution in [-0.4, -0.2) is 96.7 Å². The molecule has 17 nitrogen and oxygen atoms in total. The maximum absolute atomic E-state index is 13.0. The van der Waals surface area contributed by atoms with Crippen LogP contribution < -0.4 is 0 Å². The molecule has 0 rings (SSSR count). The summed E-state index contributed by atoms with van der Waals surface area (Å²) in [5, 5.41) is 10.6. The summed E-state index contributed by atoms with van der Waals surface area (Å²) in [6.45, 7) is 14.0. The lowest BCUT2D eigenvalue weighted by molar-refractivity contribution is -0.161. The number of carbonyl (C=O) groups is 4. The summed E-state index contributed by atoms with van der Waals surface area (Å²) in [5.74, 6) is 0.771. The molecule has 0 aromatic carbocycles. The molecule has 510 valence electrons. The third-order valence-corrected chi connectivity index (χ3v) is 17.2. The summed E-state index contributed by atoms with van der Waals surface area (Å²) >= 11 is 0. The van der Waals surface area contributed by atoms with Crippen molar-refractivity contribution in [2.75, 3.05) is 39.6 Å². The van der Waals surface area contributed by atoms with Gasteiger partial charge in [0.1, 0.15) is 19.3 Å². The molecule has 0 bridgehead atoms. The first-order valence-electron chi connectivity index (χ1n) is 34.7. The van der Waals surface area contributed by atoms with Crippen molar-refractivity contribution >= 4 is 39.5 Å². The number of phosphoric ester groups is 2. The van der Waals surface area contributed by atoms with Crippen LogP contribution in [0.2, 0.25) is 0 Å². The van der Waals surface area contributed by atoms with Gasteiger partial charge in [-0.3, -0.25) is 37.3 Å². The van der Waals surface area contributed by atoms with Crippen molar-refractivity contribution in [3.63, 3.8) is 0 Å². The van der Waals surface area contributed by atoms with Crippen LogP contribution in [0.15, 0.2) is 0 Å². The number of aliphatic hydroxyl groups excluding tert-OH is 1. The van der Waals surface area contributed by atoms with Crippen LogP contribution in [0.1, 0.15) is 325 Å². The van der Waals surface area contributed by atoms with Gasteiger partial charge in [0.2, 0.25) is 0 Å². The Morgan fingerprint density at radius 2 is 0.488 bits per heavy atom. The van der Waals surface area contributed by atoms with Crippen molar-refractivity contribution in [1.29, 1.82) is 0 Å². The Bertz CT molecular complexity index is 1710. The van der Waals surface area contributed by atoms with Gasteiger partial charge in [-0.2, -0.15) is 0 Å². The average Bonchev–Trinajstić information content (AvgIpc) is 3.63. The minimum absolute atomic E-state index is 0.104. The minimum Gasteiger partial charge on any atom is -0.462 e. The van der Waals surface area contributed by atoms with Crippen LogP contribution >= 0.6 is 15.6 Å². The lowest BCUT2D eigenvalue weighted by Crippen LogP contribution is -2.30. The third-order valence-electron chi connectivity index (χ3n) is 15.3. The number of aliphatic hydroxyl groups is 1. The summed E-state index contributed by atoms with van der Waals surface area (Å²) < 4.78 is 68.1. The van der Waals surface area contributed by atoms with Crippen LogP contribution in [0.3, 0.4) is 0 Å². The van der Waals surface area contributed by atoms with Crippen LogP contribution in [0.5, 0.6) is 0 Å². The second-order valence-electron chi connectivity index (χ2n) is 26.1. The molecule has 0 aliphatic heterocycles. The fourth-order valence-electron chi connectivity index (χ4n) is 9.96. The van der Waals surface area contributed by atoms with E-state index in [9.17, 15) is 43.2 Å². The van der Waals surface area contributed by atoms with Gasteiger partial charge in [0.05, 0.1) is 26.4 Å². The molecule has 0 saturated carbocycles. The van der Waals surface area contributed by atoms with Crippen LogP contribution in [0.4, 0.5) is 0 Å². The van der Waals surface area contributed by atoms with Gasteiger partial charge in [-0.15, -0.1) is 0 Å². The number of phosphoric acid groups is 2. The highest BCUT2D eigenvalue weighted by molar-refractivity contribution is 7.47. The second-order valence-corrected chi connectivity index (χ2v) is 29.0. The first kappa shape index (κ1) is 84.1. The first-order chi connectivity index (χ1) is 41.1. The van der Waals surface area contributed by atoms with Gasteiger partial charge in [-0.1, -0.05) is 274 Å². The van der Waals surface area contributed by atoms with Crippen LogP contribution in [0, 0.1) is 23.7 Å². The van der Waals surface area contributed by atoms with Crippen molar-refractivity contribution < 1.29 is 80.2 Å². The molecule has 86 heavy (non-hydrogen) atoms. The number of carbonyl (C=O) groups excluding carboxylic acids is 4. The number of hydrogen-bond donors (Lipinski definition) is 3. The maximum Gasteiger partial charge on any atom is 0.472 e. The number of hydrogen-bond acceptors (Lipinski definition) is 15. The van der Waals surface area contributed by atoms with Crippen LogP contribution in [-0.2, 0) is 65.4 Å². The highest BCUT2D eigenvalue weighted by Crippen LogP contribution is 2.45. The lowest BCUT2D eigenvalue weighted by Gasteiger charge is -2.21. The summed E-state index contributed by atoms with van der Waals surface area (Å²) in [7, 11) is -9.90. The molecule has 3 unspecified atom stereocenters. The predicted molar refractivity (Wildman–Crippen MR) is 344 cm³/mol. The molecular weight excluding hydrogens is 1140 g/mol. The van der Waals surface area contributed by atoms with Gasteiger partial charge < -0.3 is 33.8 Å². The zero-order chi connectivity index (χ0) is 63.9. The predicted octanol–water partition coefficient (Wildman–Crippen LogP) is 18.5. The highest BCUT2D eigenvalue weighted by Gasteiger charge is 2.30. The monoisotopic (exact) mass is 1270 g/mol. The van der Waals surface area contributed by atoms with Crippen molar-refractivity contribution in [1.82, 2.24) is 0 Å². The topological polar surface area (TPSA) is 237 Å². The molecule has 0 heterocycles. The van der Waals surface area contributed by atoms with E-state index in [0.717, 1.165) is 114 Å². The van der Waals surface area contributed by atoms with Crippen molar-refractivity contribution in [3.05, 3.63) is 0 Å². The number of ether oxygens (including phenoxy) is 4. The molecule has 19 heteroatoms. The maximum atomic E-state index is 13.0. The summed E-state index contributed by atoms with van der Waals surface area (Å²) in [6.07, 6.45) is 37.7. The van der Waals surface area contributed by atoms with Crippen molar-refractivity contribution in [2.24, 2.45) is 23.7 Å². The van der Waals surface area contributed by atoms with Gasteiger partial charge in [0.25, 0.3) is 0 Å². The molecule has 0 aliphatic rings. The van der Waals surface area contributed by atoms with Gasteiger partial charge in [-0.05, 0) is 49.4 Å². The van der Waals surface area contributed by atoms with Crippen LogP contribution in [0.25, 0.3) is 0 Å². The van der Waals surface area contributed by atoms with E-state index < -0.39 is 97.5 Å². The minimum atomic E-state index is -4.95. The third kappa shape index (κ3) is 60.9. The number of unbranched alkanes of at least 4 members (excludes halogenated alkanes) is 30. The van der Waals surface area contributed by atoms with Gasteiger partial charge >= 0.3 is 39.5 Å². The molecule has 5 atom stereocenters. The van der Waals surface area contributed by atoms with E-state index in [1.807, 2.05) is 0 Å². The molecule has 0 aromatic rings. The highest BCUT2D eigenvalue weighted by atomic mass is 31.2. The lowest BCUT2D eigenvalue weighted by atomic mass is 10.0.